The predicted octanol–water partition coefficient (Wildman–Crippen LogP) is 2.82. The van der Waals surface area contributed by atoms with Crippen molar-refractivity contribution in [2.75, 3.05) is 13.1 Å². The minimum Gasteiger partial charge on any atom is -0.349 e. The lowest BCUT2D eigenvalue weighted by atomic mass is 9.87. The second-order valence-corrected chi connectivity index (χ2v) is 10.1. The molecule has 1 aliphatic heterocycles. The van der Waals surface area contributed by atoms with E-state index < -0.39 is 10.0 Å². The van der Waals surface area contributed by atoms with Gasteiger partial charge in [0, 0.05) is 13.1 Å². The third-order valence-electron chi connectivity index (χ3n) is 6.31. The Balaban J connectivity index is 1.34. The Morgan fingerprint density at radius 2 is 1.94 bits per heavy atom. The number of nitrogens with zero attached hydrogens (tertiary/aromatic N) is 3. The van der Waals surface area contributed by atoms with Crippen molar-refractivity contribution in [2.45, 2.75) is 43.0 Å². The van der Waals surface area contributed by atoms with E-state index >= 15 is 0 Å². The summed E-state index contributed by atoms with van der Waals surface area (Å²) < 4.78 is 32.7. The predicted molar refractivity (Wildman–Crippen MR) is 114 cm³/mol. The first kappa shape index (κ1) is 20.1. The Labute approximate surface area is 180 Å². The Kier molecular flexibility index (Phi) is 5.23. The highest BCUT2D eigenvalue weighted by molar-refractivity contribution is 7.89. The monoisotopic (exact) mass is 440 g/mol. The van der Waals surface area contributed by atoms with E-state index in [0.717, 1.165) is 19.3 Å². The van der Waals surface area contributed by atoms with Crippen LogP contribution in [0.2, 0.25) is 0 Å². The van der Waals surface area contributed by atoms with E-state index in [4.69, 9.17) is 4.63 Å². The van der Waals surface area contributed by atoms with Gasteiger partial charge in [0.2, 0.25) is 15.9 Å². The fourth-order valence-electron chi connectivity index (χ4n) is 4.70. The van der Waals surface area contributed by atoms with E-state index in [1.54, 1.807) is 12.1 Å². The molecule has 0 spiro atoms. The number of aromatic nitrogens is 2. The van der Waals surface area contributed by atoms with E-state index in [0.29, 0.717) is 24.9 Å². The lowest BCUT2D eigenvalue weighted by Crippen LogP contribution is -2.46. The first-order chi connectivity index (χ1) is 15.0. The first-order valence-electron chi connectivity index (χ1n) is 10.6. The van der Waals surface area contributed by atoms with Crippen LogP contribution in [-0.4, -0.2) is 42.0 Å². The van der Waals surface area contributed by atoms with Crippen LogP contribution in [0.25, 0.3) is 11.0 Å². The van der Waals surface area contributed by atoms with Crippen LogP contribution in [0.5, 0.6) is 0 Å². The van der Waals surface area contributed by atoms with Crippen LogP contribution >= 0.6 is 0 Å². The molecule has 5 rings (SSSR count). The number of sulfonamides is 1. The summed E-state index contributed by atoms with van der Waals surface area (Å²) in [5.74, 6) is -0.463. The number of rotatable bonds is 4. The maximum absolute atomic E-state index is 13.3. The van der Waals surface area contributed by atoms with Gasteiger partial charge in [-0.2, -0.15) is 4.31 Å². The molecule has 1 fully saturated rings. The van der Waals surface area contributed by atoms with Crippen LogP contribution in [0.3, 0.4) is 0 Å². The molecule has 0 bridgehead atoms. The maximum atomic E-state index is 13.3. The molecule has 1 aromatic heterocycles. The van der Waals surface area contributed by atoms with Gasteiger partial charge in [0.25, 0.3) is 0 Å². The molecule has 31 heavy (non-hydrogen) atoms. The average molecular weight is 441 g/mol. The van der Waals surface area contributed by atoms with Gasteiger partial charge >= 0.3 is 0 Å². The molecule has 2 atom stereocenters. The normalized spacial score (nSPS) is 22.2. The van der Waals surface area contributed by atoms with Gasteiger partial charge in [-0.05, 0) is 65.7 Å². The molecule has 2 aliphatic rings. The van der Waals surface area contributed by atoms with Crippen LogP contribution in [0.1, 0.15) is 42.9 Å². The van der Waals surface area contributed by atoms with Gasteiger partial charge in [0.15, 0.2) is 5.52 Å². The van der Waals surface area contributed by atoms with Crippen LogP contribution < -0.4 is 5.32 Å². The molecule has 8 nitrogen and oxygen atoms in total. The number of nitrogens with one attached hydrogen (secondary N) is 1. The van der Waals surface area contributed by atoms with Crippen molar-refractivity contribution in [2.24, 2.45) is 5.92 Å². The number of hydrogen-bond donors (Lipinski definition) is 1. The minimum absolute atomic E-state index is 0.0145. The zero-order chi connectivity index (χ0) is 21.4. The van der Waals surface area contributed by atoms with E-state index in [2.05, 4.69) is 27.8 Å². The molecule has 0 unspecified atom stereocenters. The number of fused-ring (bicyclic) bond motifs is 2. The van der Waals surface area contributed by atoms with Crippen molar-refractivity contribution in [1.29, 1.82) is 0 Å². The van der Waals surface area contributed by atoms with Crippen molar-refractivity contribution in [1.82, 2.24) is 19.9 Å². The van der Waals surface area contributed by atoms with E-state index in [1.165, 1.54) is 21.5 Å². The second kappa shape index (κ2) is 8.05. The summed E-state index contributed by atoms with van der Waals surface area (Å²) in [5, 5.41) is 10.7. The molecule has 1 amide bonds. The molecule has 1 aliphatic carbocycles. The summed E-state index contributed by atoms with van der Waals surface area (Å²) in [6.45, 7) is 0.532. The van der Waals surface area contributed by atoms with Crippen molar-refractivity contribution in [3.8, 4) is 0 Å². The standard InChI is InChI=1S/C22H24N4O4S/c27-22(23-18-10-3-7-15-6-1-2-9-17(15)18)16-8-5-13-26(14-16)31(28,29)20-12-4-11-19-21(20)25-30-24-19/h1-2,4,6,9,11-12,16,18H,3,5,7-8,10,13-14H2,(H,23,27)/t16-,18-/m0/s1. The number of hydrogen-bond acceptors (Lipinski definition) is 6. The molecule has 162 valence electrons. The first-order valence-corrected chi connectivity index (χ1v) is 12.1. The van der Waals surface area contributed by atoms with Gasteiger partial charge in [-0.3, -0.25) is 4.79 Å². The molecule has 0 radical (unpaired) electrons. The Morgan fingerprint density at radius 1 is 1.06 bits per heavy atom. The van der Waals surface area contributed by atoms with E-state index in [-0.39, 0.29) is 34.8 Å². The Hall–Kier alpha value is -2.78. The van der Waals surface area contributed by atoms with Gasteiger partial charge in [0.1, 0.15) is 10.4 Å². The maximum Gasteiger partial charge on any atom is 0.245 e. The van der Waals surface area contributed by atoms with Crippen LogP contribution in [-0.2, 0) is 21.2 Å². The zero-order valence-corrected chi connectivity index (χ0v) is 17.8. The summed E-state index contributed by atoms with van der Waals surface area (Å²) in [7, 11) is -3.82. The lowest BCUT2D eigenvalue weighted by Gasteiger charge is -2.33. The number of amides is 1. The molecular weight excluding hydrogens is 416 g/mol. The van der Waals surface area contributed by atoms with Gasteiger partial charge < -0.3 is 5.32 Å². The van der Waals surface area contributed by atoms with Crippen LogP contribution in [0, 0.1) is 5.92 Å². The third kappa shape index (κ3) is 3.72. The van der Waals surface area contributed by atoms with Gasteiger partial charge in [-0.25, -0.2) is 13.0 Å². The highest BCUT2D eigenvalue weighted by Crippen LogP contribution is 2.31. The van der Waals surface area contributed by atoms with Crippen molar-refractivity contribution in [3.63, 3.8) is 0 Å². The van der Waals surface area contributed by atoms with Crippen LogP contribution in [0.4, 0.5) is 0 Å². The van der Waals surface area contributed by atoms with Gasteiger partial charge in [0.05, 0.1) is 12.0 Å². The smallest absolute Gasteiger partial charge is 0.245 e. The van der Waals surface area contributed by atoms with Crippen molar-refractivity contribution in [3.05, 3.63) is 53.6 Å². The number of carbonyl (C=O) groups excluding carboxylic acids is 1. The highest BCUT2D eigenvalue weighted by atomic mass is 32.2. The molecule has 1 saturated heterocycles. The average Bonchev–Trinajstić information content (AvgIpc) is 3.28. The summed E-state index contributed by atoms with van der Waals surface area (Å²) >= 11 is 0. The molecule has 3 aromatic rings. The fourth-order valence-corrected chi connectivity index (χ4v) is 6.36. The minimum atomic E-state index is -3.82. The van der Waals surface area contributed by atoms with Crippen molar-refractivity contribution >= 4 is 27.0 Å². The zero-order valence-electron chi connectivity index (χ0n) is 17.0. The summed E-state index contributed by atoms with van der Waals surface area (Å²) in [4.78, 5) is 13.1. The number of piperidine rings is 1. The molecule has 9 heteroatoms. The number of benzene rings is 2. The van der Waals surface area contributed by atoms with E-state index in [1.807, 2.05) is 12.1 Å². The topological polar surface area (TPSA) is 105 Å². The molecule has 1 N–H and O–H groups in total. The Morgan fingerprint density at radius 3 is 2.84 bits per heavy atom. The SMILES string of the molecule is O=C(N[C@H]1CCCc2ccccc21)[C@H]1CCCN(S(=O)(=O)c2cccc3nonc23)C1. The van der Waals surface area contributed by atoms with Crippen LogP contribution in [0.15, 0.2) is 52.0 Å². The molecule has 2 aromatic carbocycles. The van der Waals surface area contributed by atoms with Crippen molar-refractivity contribution < 1.29 is 17.8 Å². The molecule has 2 heterocycles. The number of carbonyl (C=O) groups is 1. The largest absolute Gasteiger partial charge is 0.349 e. The summed E-state index contributed by atoms with van der Waals surface area (Å²) in [6.07, 6.45) is 4.26. The second-order valence-electron chi connectivity index (χ2n) is 8.24. The summed E-state index contributed by atoms with van der Waals surface area (Å²) in [6, 6.07) is 13.0. The highest BCUT2D eigenvalue weighted by Gasteiger charge is 2.35. The van der Waals surface area contributed by atoms with E-state index in [9.17, 15) is 13.2 Å². The van der Waals surface area contributed by atoms with Gasteiger partial charge in [-0.1, -0.05) is 30.3 Å². The summed E-state index contributed by atoms with van der Waals surface area (Å²) in [5.41, 5.74) is 3.06. The van der Waals surface area contributed by atoms with Gasteiger partial charge in [-0.15, -0.1) is 0 Å². The Bertz CT molecular complexity index is 1220. The molecular formula is C22H24N4O4S. The third-order valence-corrected chi connectivity index (χ3v) is 8.20. The quantitative estimate of drug-likeness (QED) is 0.669. The number of aryl methyl sites for hydroxylation is 1. The molecule has 0 saturated carbocycles. The lowest BCUT2D eigenvalue weighted by molar-refractivity contribution is -0.127. The fraction of sp³-hybridized carbons (Fsp3) is 0.409.